The molecule has 0 amide bonds. The van der Waals surface area contributed by atoms with Crippen molar-refractivity contribution in [2.75, 3.05) is 5.73 Å². The van der Waals surface area contributed by atoms with E-state index in [0.717, 1.165) is 6.07 Å². The molecule has 0 aliphatic heterocycles. The van der Waals surface area contributed by atoms with Crippen molar-refractivity contribution in [1.29, 1.82) is 0 Å². The van der Waals surface area contributed by atoms with Gasteiger partial charge in [-0.2, -0.15) is 18.3 Å². The van der Waals surface area contributed by atoms with Gasteiger partial charge in [0.15, 0.2) is 0 Å². The maximum atomic E-state index is 13.0. The largest absolute Gasteiger partial charge is 0.417 e. The molecule has 7 heteroatoms. The molecule has 0 fully saturated rings. The molecule has 104 valence electrons. The highest BCUT2D eigenvalue weighted by Gasteiger charge is 2.32. The van der Waals surface area contributed by atoms with E-state index in [4.69, 9.17) is 5.73 Å². The SMILES string of the molecule is Cn1nc(N)cc1-c1cc2c(C(F)(F)F)cccc2[nH]1. The summed E-state index contributed by atoms with van der Waals surface area (Å²) in [6.07, 6.45) is -4.38. The minimum Gasteiger partial charge on any atom is -0.382 e. The van der Waals surface area contributed by atoms with Gasteiger partial charge in [-0.15, -0.1) is 0 Å². The number of hydrogen-bond acceptors (Lipinski definition) is 2. The smallest absolute Gasteiger partial charge is 0.382 e. The van der Waals surface area contributed by atoms with Crippen molar-refractivity contribution in [1.82, 2.24) is 14.8 Å². The van der Waals surface area contributed by atoms with Crippen LogP contribution in [0.4, 0.5) is 19.0 Å². The van der Waals surface area contributed by atoms with Gasteiger partial charge in [-0.25, -0.2) is 0 Å². The summed E-state index contributed by atoms with van der Waals surface area (Å²) in [4.78, 5) is 2.96. The fourth-order valence-corrected chi connectivity index (χ4v) is 2.28. The number of aromatic nitrogens is 3. The quantitative estimate of drug-likeness (QED) is 0.719. The van der Waals surface area contributed by atoms with Crippen LogP contribution in [-0.2, 0) is 13.2 Å². The Kier molecular flexibility index (Phi) is 2.53. The van der Waals surface area contributed by atoms with Crippen LogP contribution in [0, 0.1) is 0 Å². The van der Waals surface area contributed by atoms with Gasteiger partial charge in [0.1, 0.15) is 5.82 Å². The molecule has 3 rings (SSSR count). The molecule has 0 aliphatic carbocycles. The maximum absolute atomic E-state index is 13.0. The molecule has 0 unspecified atom stereocenters. The van der Waals surface area contributed by atoms with Crippen LogP contribution in [0.2, 0.25) is 0 Å². The summed E-state index contributed by atoms with van der Waals surface area (Å²) in [5.41, 5.74) is 6.53. The standard InChI is InChI=1S/C13H11F3N4/c1-20-11(6-12(17)19-20)10-5-7-8(13(14,15)16)3-2-4-9(7)18-10/h2-6,18H,1H3,(H2,17,19). The fraction of sp³-hybridized carbons (Fsp3) is 0.154. The number of aromatic amines is 1. The van der Waals surface area contributed by atoms with Crippen LogP contribution < -0.4 is 5.73 Å². The first kappa shape index (κ1) is 12.6. The molecule has 20 heavy (non-hydrogen) atoms. The third-order valence-electron chi connectivity index (χ3n) is 3.14. The minimum absolute atomic E-state index is 0.134. The number of alkyl halides is 3. The van der Waals surface area contributed by atoms with E-state index in [0.29, 0.717) is 22.7 Å². The zero-order valence-electron chi connectivity index (χ0n) is 10.5. The molecule has 1 aromatic carbocycles. The second-order valence-corrected chi connectivity index (χ2v) is 4.53. The van der Waals surface area contributed by atoms with Crippen molar-refractivity contribution >= 4 is 16.7 Å². The van der Waals surface area contributed by atoms with Crippen LogP contribution >= 0.6 is 0 Å². The maximum Gasteiger partial charge on any atom is 0.417 e. The van der Waals surface area contributed by atoms with Crippen molar-refractivity contribution in [2.45, 2.75) is 6.18 Å². The fourth-order valence-electron chi connectivity index (χ4n) is 2.28. The van der Waals surface area contributed by atoms with Crippen molar-refractivity contribution < 1.29 is 13.2 Å². The second-order valence-electron chi connectivity index (χ2n) is 4.53. The van der Waals surface area contributed by atoms with Gasteiger partial charge in [0, 0.05) is 24.0 Å². The molecule has 4 nitrogen and oxygen atoms in total. The van der Waals surface area contributed by atoms with Gasteiger partial charge in [0.05, 0.1) is 17.0 Å². The Morgan fingerprint density at radius 2 is 2.00 bits per heavy atom. The molecule has 2 heterocycles. The number of H-pyrrole nitrogens is 1. The molecule has 0 saturated carbocycles. The van der Waals surface area contributed by atoms with E-state index in [-0.39, 0.29) is 5.39 Å². The van der Waals surface area contributed by atoms with Crippen LogP contribution in [0.1, 0.15) is 5.56 Å². The number of fused-ring (bicyclic) bond motifs is 1. The van der Waals surface area contributed by atoms with E-state index in [1.54, 1.807) is 19.2 Å². The zero-order valence-corrected chi connectivity index (χ0v) is 10.5. The molecular weight excluding hydrogens is 269 g/mol. The predicted octanol–water partition coefficient (Wildman–Crippen LogP) is 3.17. The van der Waals surface area contributed by atoms with Crippen LogP contribution in [-0.4, -0.2) is 14.8 Å². The number of benzene rings is 1. The molecule has 0 bridgehead atoms. The van der Waals surface area contributed by atoms with E-state index < -0.39 is 11.7 Å². The van der Waals surface area contributed by atoms with E-state index in [9.17, 15) is 13.2 Å². The molecule has 0 aliphatic rings. The number of nitrogens with zero attached hydrogens (tertiary/aromatic N) is 2. The normalized spacial score (nSPS) is 12.2. The first-order chi connectivity index (χ1) is 9.36. The first-order valence-electron chi connectivity index (χ1n) is 5.85. The van der Waals surface area contributed by atoms with Gasteiger partial charge in [-0.1, -0.05) is 6.07 Å². The summed E-state index contributed by atoms with van der Waals surface area (Å²) in [6.45, 7) is 0. The summed E-state index contributed by atoms with van der Waals surface area (Å²) in [6, 6.07) is 7.13. The summed E-state index contributed by atoms with van der Waals surface area (Å²) < 4.78 is 40.4. The van der Waals surface area contributed by atoms with Crippen molar-refractivity contribution in [2.24, 2.45) is 7.05 Å². The van der Waals surface area contributed by atoms with Crippen LogP contribution in [0.3, 0.4) is 0 Å². The number of rotatable bonds is 1. The van der Waals surface area contributed by atoms with Crippen LogP contribution in [0.15, 0.2) is 30.3 Å². The van der Waals surface area contributed by atoms with Crippen molar-refractivity contribution in [3.8, 4) is 11.4 Å². The number of aryl methyl sites for hydroxylation is 1. The Labute approximate surface area is 112 Å². The molecule has 0 saturated heterocycles. The highest BCUT2D eigenvalue weighted by Crippen LogP contribution is 2.36. The van der Waals surface area contributed by atoms with Crippen LogP contribution in [0.25, 0.3) is 22.3 Å². The molecular formula is C13H11F3N4. The lowest BCUT2D eigenvalue weighted by Gasteiger charge is -2.06. The number of anilines is 1. The highest BCUT2D eigenvalue weighted by molar-refractivity contribution is 5.88. The van der Waals surface area contributed by atoms with Crippen molar-refractivity contribution in [3.05, 3.63) is 35.9 Å². The van der Waals surface area contributed by atoms with E-state index in [2.05, 4.69) is 10.1 Å². The third-order valence-corrected chi connectivity index (χ3v) is 3.14. The second kappa shape index (κ2) is 4.03. The lowest BCUT2D eigenvalue weighted by Crippen LogP contribution is -2.04. The monoisotopic (exact) mass is 280 g/mol. The average Bonchev–Trinajstić information content (AvgIpc) is 2.89. The first-order valence-corrected chi connectivity index (χ1v) is 5.85. The lowest BCUT2D eigenvalue weighted by molar-refractivity contribution is -0.136. The van der Waals surface area contributed by atoms with E-state index in [1.807, 2.05) is 0 Å². The summed E-state index contributed by atoms with van der Waals surface area (Å²) >= 11 is 0. The van der Waals surface area contributed by atoms with Gasteiger partial charge in [-0.3, -0.25) is 4.68 Å². The van der Waals surface area contributed by atoms with Gasteiger partial charge >= 0.3 is 6.18 Å². The Hall–Kier alpha value is -2.44. The number of nitrogen functional groups attached to an aromatic ring is 1. The topological polar surface area (TPSA) is 59.6 Å². The zero-order chi connectivity index (χ0) is 14.5. The van der Waals surface area contributed by atoms with Crippen molar-refractivity contribution in [3.63, 3.8) is 0 Å². The third kappa shape index (κ3) is 1.91. The lowest BCUT2D eigenvalue weighted by atomic mass is 10.1. The van der Waals surface area contributed by atoms with E-state index in [1.165, 1.54) is 16.8 Å². The van der Waals surface area contributed by atoms with Gasteiger partial charge in [0.25, 0.3) is 0 Å². The average molecular weight is 280 g/mol. The van der Waals surface area contributed by atoms with Crippen LogP contribution in [0.5, 0.6) is 0 Å². The molecule has 0 spiro atoms. The molecule has 0 radical (unpaired) electrons. The number of nitrogens with one attached hydrogen (secondary N) is 1. The Balaban J connectivity index is 2.24. The van der Waals surface area contributed by atoms with Gasteiger partial charge < -0.3 is 10.7 Å². The molecule has 3 aromatic rings. The summed E-state index contributed by atoms with van der Waals surface area (Å²) in [5.74, 6) is 0.317. The summed E-state index contributed by atoms with van der Waals surface area (Å²) in [7, 11) is 1.68. The number of nitrogens with two attached hydrogens (primary N) is 1. The minimum atomic E-state index is -4.38. The van der Waals surface area contributed by atoms with Gasteiger partial charge in [-0.05, 0) is 18.2 Å². The molecule has 0 atom stereocenters. The molecule has 3 N–H and O–H groups in total. The number of hydrogen-bond donors (Lipinski definition) is 2. The Bertz CT molecular complexity index is 783. The summed E-state index contributed by atoms with van der Waals surface area (Å²) in [5, 5.41) is 4.12. The predicted molar refractivity (Wildman–Crippen MR) is 69.9 cm³/mol. The Morgan fingerprint density at radius 1 is 1.25 bits per heavy atom. The molecule has 2 aromatic heterocycles. The van der Waals surface area contributed by atoms with E-state index >= 15 is 0 Å². The Morgan fingerprint density at radius 3 is 2.60 bits per heavy atom. The van der Waals surface area contributed by atoms with Gasteiger partial charge in [0.2, 0.25) is 0 Å². The number of halogens is 3. The highest BCUT2D eigenvalue weighted by atomic mass is 19.4.